The van der Waals surface area contributed by atoms with Crippen molar-refractivity contribution in [3.05, 3.63) is 58.7 Å². The predicted octanol–water partition coefficient (Wildman–Crippen LogP) is 4.63. The molecular weight excluding hydrogens is 238 g/mol. The summed E-state index contributed by atoms with van der Waals surface area (Å²) in [7, 11) is 0. The van der Waals surface area contributed by atoms with E-state index >= 15 is 0 Å². The standard InChI is InChI=1S/C16H15NS/c1-11-7-12(2)9-14(8-11)18-16-6-4-5-13(3)15(16)10-17/h4-9H,1-3H3. The van der Waals surface area contributed by atoms with Crippen LogP contribution in [-0.2, 0) is 0 Å². The summed E-state index contributed by atoms with van der Waals surface area (Å²) in [5.74, 6) is 0. The fourth-order valence-corrected chi connectivity index (χ4v) is 3.19. The molecule has 2 heteroatoms. The zero-order chi connectivity index (χ0) is 13.1. The van der Waals surface area contributed by atoms with Crippen LogP contribution in [0.5, 0.6) is 0 Å². The van der Waals surface area contributed by atoms with E-state index in [4.69, 9.17) is 0 Å². The van der Waals surface area contributed by atoms with Gasteiger partial charge in [0.25, 0.3) is 0 Å². The van der Waals surface area contributed by atoms with Gasteiger partial charge in [-0.05, 0) is 55.7 Å². The monoisotopic (exact) mass is 253 g/mol. The van der Waals surface area contributed by atoms with Crippen molar-refractivity contribution in [1.82, 2.24) is 0 Å². The molecule has 2 aromatic rings. The third-order valence-electron chi connectivity index (χ3n) is 2.77. The van der Waals surface area contributed by atoms with Gasteiger partial charge in [0.05, 0.1) is 5.56 Å². The van der Waals surface area contributed by atoms with Crippen molar-refractivity contribution in [2.24, 2.45) is 0 Å². The molecule has 0 aliphatic carbocycles. The minimum atomic E-state index is 0.779. The van der Waals surface area contributed by atoms with Gasteiger partial charge in [-0.3, -0.25) is 0 Å². The van der Waals surface area contributed by atoms with Crippen LogP contribution in [0.2, 0.25) is 0 Å². The van der Waals surface area contributed by atoms with Gasteiger partial charge in [0.1, 0.15) is 6.07 Å². The molecule has 2 aromatic carbocycles. The van der Waals surface area contributed by atoms with Crippen molar-refractivity contribution in [2.75, 3.05) is 0 Å². The van der Waals surface area contributed by atoms with Crippen molar-refractivity contribution in [3.63, 3.8) is 0 Å². The van der Waals surface area contributed by atoms with Crippen LogP contribution in [0.1, 0.15) is 22.3 Å². The van der Waals surface area contributed by atoms with Crippen LogP contribution >= 0.6 is 11.8 Å². The van der Waals surface area contributed by atoms with Crippen LogP contribution in [0.4, 0.5) is 0 Å². The summed E-state index contributed by atoms with van der Waals surface area (Å²) < 4.78 is 0. The molecule has 0 N–H and O–H groups in total. The van der Waals surface area contributed by atoms with Crippen LogP contribution in [-0.4, -0.2) is 0 Å². The molecule has 0 unspecified atom stereocenters. The van der Waals surface area contributed by atoms with Gasteiger partial charge in [-0.2, -0.15) is 5.26 Å². The second-order valence-electron chi connectivity index (χ2n) is 4.49. The molecule has 0 bridgehead atoms. The number of benzene rings is 2. The minimum absolute atomic E-state index is 0.779. The van der Waals surface area contributed by atoms with Crippen molar-refractivity contribution in [3.8, 4) is 6.07 Å². The molecule has 0 saturated heterocycles. The Labute approximate surface area is 112 Å². The quantitative estimate of drug-likeness (QED) is 0.778. The predicted molar refractivity (Wildman–Crippen MR) is 75.9 cm³/mol. The van der Waals surface area contributed by atoms with Gasteiger partial charge in [-0.25, -0.2) is 0 Å². The highest BCUT2D eigenvalue weighted by molar-refractivity contribution is 7.99. The van der Waals surface area contributed by atoms with Gasteiger partial charge < -0.3 is 0 Å². The fourth-order valence-electron chi connectivity index (χ4n) is 1.99. The number of aryl methyl sites for hydroxylation is 3. The third-order valence-corrected chi connectivity index (χ3v) is 3.80. The lowest BCUT2D eigenvalue weighted by Gasteiger charge is -2.08. The van der Waals surface area contributed by atoms with E-state index in [0.29, 0.717) is 0 Å². The van der Waals surface area contributed by atoms with Crippen molar-refractivity contribution in [2.45, 2.75) is 30.6 Å². The van der Waals surface area contributed by atoms with Crippen LogP contribution in [0, 0.1) is 32.1 Å². The lowest BCUT2D eigenvalue weighted by molar-refractivity contribution is 1.26. The number of nitrogens with zero attached hydrogens (tertiary/aromatic N) is 1. The van der Waals surface area contributed by atoms with E-state index in [1.807, 2.05) is 25.1 Å². The van der Waals surface area contributed by atoms with E-state index in [9.17, 15) is 5.26 Å². The molecule has 0 fully saturated rings. The number of rotatable bonds is 2. The molecule has 0 radical (unpaired) electrons. The Morgan fingerprint density at radius 3 is 2.28 bits per heavy atom. The van der Waals surface area contributed by atoms with E-state index in [1.54, 1.807) is 11.8 Å². The second-order valence-corrected chi connectivity index (χ2v) is 5.60. The lowest BCUT2D eigenvalue weighted by atomic mass is 10.1. The molecule has 0 spiro atoms. The number of hydrogen-bond acceptors (Lipinski definition) is 2. The SMILES string of the molecule is Cc1cc(C)cc(Sc2cccc(C)c2C#N)c1. The summed E-state index contributed by atoms with van der Waals surface area (Å²) in [6.45, 7) is 6.17. The molecule has 0 amide bonds. The highest BCUT2D eigenvalue weighted by Gasteiger charge is 2.07. The molecule has 0 atom stereocenters. The van der Waals surface area contributed by atoms with E-state index in [2.05, 4.69) is 38.1 Å². The Hall–Kier alpha value is -1.72. The van der Waals surface area contributed by atoms with Gasteiger partial charge >= 0.3 is 0 Å². The van der Waals surface area contributed by atoms with E-state index in [1.165, 1.54) is 16.0 Å². The van der Waals surface area contributed by atoms with Crippen molar-refractivity contribution >= 4 is 11.8 Å². The smallest absolute Gasteiger partial charge is 0.101 e. The van der Waals surface area contributed by atoms with Crippen LogP contribution in [0.15, 0.2) is 46.2 Å². The zero-order valence-electron chi connectivity index (χ0n) is 10.8. The third kappa shape index (κ3) is 2.75. The summed E-state index contributed by atoms with van der Waals surface area (Å²) >= 11 is 1.66. The normalized spacial score (nSPS) is 10.1. The molecular formula is C16H15NS. The minimum Gasteiger partial charge on any atom is -0.192 e. The van der Waals surface area contributed by atoms with E-state index < -0.39 is 0 Å². The number of nitriles is 1. The number of hydrogen-bond donors (Lipinski definition) is 0. The van der Waals surface area contributed by atoms with Crippen LogP contribution in [0.25, 0.3) is 0 Å². The Kier molecular flexibility index (Phi) is 3.74. The Balaban J connectivity index is 2.40. The summed E-state index contributed by atoms with van der Waals surface area (Å²) in [6, 6.07) is 14.7. The Bertz CT molecular complexity index is 603. The van der Waals surface area contributed by atoms with Gasteiger partial charge in [0, 0.05) is 9.79 Å². The van der Waals surface area contributed by atoms with Gasteiger partial charge in [0.2, 0.25) is 0 Å². The van der Waals surface area contributed by atoms with Crippen LogP contribution < -0.4 is 0 Å². The fraction of sp³-hybridized carbons (Fsp3) is 0.188. The average molecular weight is 253 g/mol. The Morgan fingerprint density at radius 1 is 1.00 bits per heavy atom. The van der Waals surface area contributed by atoms with Crippen molar-refractivity contribution < 1.29 is 0 Å². The summed E-state index contributed by atoms with van der Waals surface area (Å²) in [5.41, 5.74) is 4.32. The van der Waals surface area contributed by atoms with Gasteiger partial charge in [-0.15, -0.1) is 0 Å². The average Bonchev–Trinajstić information content (AvgIpc) is 2.27. The van der Waals surface area contributed by atoms with E-state index in [-0.39, 0.29) is 0 Å². The molecule has 90 valence electrons. The first-order valence-electron chi connectivity index (χ1n) is 5.86. The van der Waals surface area contributed by atoms with Crippen LogP contribution in [0.3, 0.4) is 0 Å². The summed E-state index contributed by atoms with van der Waals surface area (Å²) in [5, 5.41) is 9.22. The lowest BCUT2D eigenvalue weighted by Crippen LogP contribution is -1.87. The molecule has 0 aliphatic heterocycles. The summed E-state index contributed by atoms with van der Waals surface area (Å²) in [6.07, 6.45) is 0. The zero-order valence-corrected chi connectivity index (χ0v) is 11.6. The maximum Gasteiger partial charge on any atom is 0.101 e. The highest BCUT2D eigenvalue weighted by atomic mass is 32.2. The van der Waals surface area contributed by atoms with E-state index in [0.717, 1.165) is 16.0 Å². The topological polar surface area (TPSA) is 23.8 Å². The molecule has 18 heavy (non-hydrogen) atoms. The molecule has 0 heterocycles. The highest BCUT2D eigenvalue weighted by Crippen LogP contribution is 2.32. The molecule has 0 aromatic heterocycles. The molecule has 2 rings (SSSR count). The Morgan fingerprint density at radius 2 is 1.67 bits per heavy atom. The summed E-state index contributed by atoms with van der Waals surface area (Å²) in [4.78, 5) is 2.22. The first kappa shape index (κ1) is 12.7. The molecule has 0 saturated carbocycles. The second kappa shape index (κ2) is 5.29. The van der Waals surface area contributed by atoms with Gasteiger partial charge in [-0.1, -0.05) is 30.0 Å². The first-order valence-corrected chi connectivity index (χ1v) is 6.67. The maximum absolute atomic E-state index is 9.22. The first-order chi connectivity index (χ1) is 8.60. The largest absolute Gasteiger partial charge is 0.192 e. The van der Waals surface area contributed by atoms with Gasteiger partial charge in [0.15, 0.2) is 0 Å². The maximum atomic E-state index is 9.22. The molecule has 0 aliphatic rings. The molecule has 1 nitrogen and oxygen atoms in total. The van der Waals surface area contributed by atoms with Crippen molar-refractivity contribution in [1.29, 1.82) is 5.26 Å².